The van der Waals surface area contributed by atoms with Gasteiger partial charge in [0.2, 0.25) is 0 Å². The van der Waals surface area contributed by atoms with Crippen LogP contribution in [0.2, 0.25) is 0 Å². The first-order valence-electron chi connectivity index (χ1n) is 5.16. The monoisotopic (exact) mass is 164 g/mol. The van der Waals surface area contributed by atoms with Crippen molar-refractivity contribution in [2.45, 2.75) is 46.5 Å². The van der Waals surface area contributed by atoms with Crippen LogP contribution in [-0.2, 0) is 0 Å². The summed E-state index contributed by atoms with van der Waals surface area (Å²) >= 11 is 0. The molecule has 0 nitrogen and oxygen atoms in total. The molecule has 0 aromatic rings. The lowest BCUT2D eigenvalue weighted by Gasteiger charge is -2.28. The van der Waals surface area contributed by atoms with Crippen molar-refractivity contribution in [1.29, 1.82) is 0 Å². The summed E-state index contributed by atoms with van der Waals surface area (Å²) < 4.78 is 0. The third-order valence-electron chi connectivity index (χ3n) is 3.06. The van der Waals surface area contributed by atoms with Gasteiger partial charge in [0.1, 0.15) is 0 Å². The number of hydrogen-bond donors (Lipinski definition) is 0. The van der Waals surface area contributed by atoms with Crippen LogP contribution in [-0.4, -0.2) is 0 Å². The van der Waals surface area contributed by atoms with Crippen LogP contribution >= 0.6 is 0 Å². The zero-order valence-corrected chi connectivity index (χ0v) is 8.56. The Morgan fingerprint density at radius 1 is 1.08 bits per heavy atom. The molecule has 1 aliphatic carbocycles. The smallest absolute Gasteiger partial charge is 0.0203 e. The molecular weight excluding hydrogens is 144 g/mol. The predicted molar refractivity (Wildman–Crippen MR) is 53.7 cm³/mol. The Hall–Kier alpha value is -0.440. The Kier molecular flexibility index (Phi) is 3.66. The molecule has 0 bridgehead atoms. The van der Waals surface area contributed by atoms with Crippen molar-refractivity contribution in [3.63, 3.8) is 0 Å². The van der Waals surface area contributed by atoms with E-state index < -0.39 is 0 Å². The maximum Gasteiger partial charge on any atom is 0.0203 e. The molecule has 0 heterocycles. The average molecular weight is 164 g/mol. The summed E-state index contributed by atoms with van der Waals surface area (Å²) in [5.41, 5.74) is 0. The Balaban J connectivity index is 2.33. The molecule has 0 amide bonds. The van der Waals surface area contributed by atoms with Crippen molar-refractivity contribution in [3.05, 3.63) is 0 Å². The van der Waals surface area contributed by atoms with Gasteiger partial charge in [-0.1, -0.05) is 13.8 Å². The fourth-order valence-corrected chi connectivity index (χ4v) is 2.13. The van der Waals surface area contributed by atoms with Crippen LogP contribution in [0.3, 0.4) is 0 Å². The average Bonchev–Trinajstić information content (AvgIpc) is 2.06. The van der Waals surface area contributed by atoms with Gasteiger partial charge in [0.15, 0.2) is 0 Å². The molecule has 1 saturated carbocycles. The first-order valence-corrected chi connectivity index (χ1v) is 5.16. The van der Waals surface area contributed by atoms with Gasteiger partial charge in [0, 0.05) is 5.92 Å². The van der Waals surface area contributed by atoms with E-state index in [1.165, 1.54) is 25.7 Å². The SMILES string of the molecule is CC#CC1CCC(C(C)C)CC1. The van der Waals surface area contributed by atoms with E-state index in [1.54, 1.807) is 0 Å². The van der Waals surface area contributed by atoms with Crippen molar-refractivity contribution in [1.82, 2.24) is 0 Å². The third-order valence-corrected chi connectivity index (χ3v) is 3.06. The van der Waals surface area contributed by atoms with Crippen LogP contribution in [0.5, 0.6) is 0 Å². The molecule has 1 fully saturated rings. The zero-order chi connectivity index (χ0) is 8.97. The molecule has 68 valence electrons. The van der Waals surface area contributed by atoms with Crippen molar-refractivity contribution < 1.29 is 0 Å². The van der Waals surface area contributed by atoms with Gasteiger partial charge in [-0.15, -0.1) is 11.8 Å². The molecule has 1 rings (SSSR count). The molecule has 0 saturated heterocycles. The lowest BCUT2D eigenvalue weighted by molar-refractivity contribution is 0.252. The third kappa shape index (κ3) is 2.55. The molecule has 0 spiro atoms. The van der Waals surface area contributed by atoms with Gasteiger partial charge in [-0.3, -0.25) is 0 Å². The van der Waals surface area contributed by atoms with Gasteiger partial charge >= 0.3 is 0 Å². The maximum absolute atomic E-state index is 3.29. The van der Waals surface area contributed by atoms with Crippen molar-refractivity contribution >= 4 is 0 Å². The molecule has 0 unspecified atom stereocenters. The molecule has 0 aliphatic heterocycles. The van der Waals surface area contributed by atoms with Crippen molar-refractivity contribution in [2.75, 3.05) is 0 Å². The minimum atomic E-state index is 0.713. The largest absolute Gasteiger partial charge is 0.106 e. The lowest BCUT2D eigenvalue weighted by atomic mass is 9.77. The summed E-state index contributed by atoms with van der Waals surface area (Å²) in [5.74, 6) is 8.89. The molecule has 0 aromatic heterocycles. The first kappa shape index (κ1) is 9.65. The molecule has 12 heavy (non-hydrogen) atoms. The minimum absolute atomic E-state index is 0.713. The van der Waals surface area contributed by atoms with Crippen LogP contribution in [0.4, 0.5) is 0 Å². The van der Waals surface area contributed by atoms with E-state index in [0.717, 1.165) is 11.8 Å². The van der Waals surface area contributed by atoms with E-state index in [-0.39, 0.29) is 0 Å². The van der Waals surface area contributed by atoms with Crippen LogP contribution in [0.25, 0.3) is 0 Å². The van der Waals surface area contributed by atoms with Crippen LogP contribution < -0.4 is 0 Å². The van der Waals surface area contributed by atoms with Gasteiger partial charge < -0.3 is 0 Å². The number of rotatable bonds is 1. The van der Waals surface area contributed by atoms with Gasteiger partial charge in [-0.25, -0.2) is 0 Å². The van der Waals surface area contributed by atoms with Crippen molar-refractivity contribution in [3.8, 4) is 11.8 Å². The Morgan fingerprint density at radius 2 is 1.67 bits per heavy atom. The van der Waals surface area contributed by atoms with E-state index in [1.807, 2.05) is 6.92 Å². The summed E-state index contributed by atoms with van der Waals surface area (Å²) in [7, 11) is 0. The molecule has 0 heteroatoms. The topological polar surface area (TPSA) is 0 Å². The van der Waals surface area contributed by atoms with Gasteiger partial charge in [0.25, 0.3) is 0 Å². The lowest BCUT2D eigenvalue weighted by Crippen LogP contribution is -2.17. The Morgan fingerprint density at radius 3 is 2.08 bits per heavy atom. The molecule has 0 aromatic carbocycles. The summed E-state index contributed by atoms with van der Waals surface area (Å²) in [4.78, 5) is 0. The van der Waals surface area contributed by atoms with E-state index in [2.05, 4.69) is 25.7 Å². The summed E-state index contributed by atoms with van der Waals surface area (Å²) in [6.07, 6.45) is 5.47. The second-order valence-corrected chi connectivity index (χ2v) is 4.25. The molecule has 0 atom stereocenters. The highest BCUT2D eigenvalue weighted by Crippen LogP contribution is 2.32. The molecule has 1 aliphatic rings. The highest BCUT2D eigenvalue weighted by atomic mass is 14.3. The fourth-order valence-electron chi connectivity index (χ4n) is 2.13. The maximum atomic E-state index is 3.29. The highest BCUT2D eigenvalue weighted by Gasteiger charge is 2.21. The predicted octanol–water partition coefficient (Wildman–Crippen LogP) is 3.47. The van der Waals surface area contributed by atoms with Crippen LogP contribution in [0.15, 0.2) is 0 Å². The van der Waals surface area contributed by atoms with Gasteiger partial charge in [-0.2, -0.15) is 0 Å². The van der Waals surface area contributed by atoms with E-state index in [9.17, 15) is 0 Å². The summed E-state index contributed by atoms with van der Waals surface area (Å²) in [5, 5.41) is 0. The quantitative estimate of drug-likeness (QED) is 0.520. The molecule has 0 N–H and O–H groups in total. The van der Waals surface area contributed by atoms with Crippen LogP contribution in [0.1, 0.15) is 46.5 Å². The van der Waals surface area contributed by atoms with E-state index in [0.29, 0.717) is 5.92 Å². The normalized spacial score (nSPS) is 29.7. The van der Waals surface area contributed by atoms with E-state index >= 15 is 0 Å². The summed E-state index contributed by atoms with van der Waals surface area (Å²) in [6.45, 7) is 6.64. The van der Waals surface area contributed by atoms with E-state index in [4.69, 9.17) is 0 Å². The van der Waals surface area contributed by atoms with Gasteiger partial charge in [-0.05, 0) is 44.4 Å². The minimum Gasteiger partial charge on any atom is -0.106 e. The van der Waals surface area contributed by atoms with Gasteiger partial charge in [0.05, 0.1) is 0 Å². The molecular formula is C12H20. The standard InChI is InChI=1S/C12H20/c1-4-5-11-6-8-12(9-7-11)10(2)3/h10-12H,6-9H2,1-3H3. The van der Waals surface area contributed by atoms with Crippen LogP contribution in [0, 0.1) is 29.6 Å². The second-order valence-electron chi connectivity index (χ2n) is 4.25. The Labute approximate surface area is 76.7 Å². The summed E-state index contributed by atoms with van der Waals surface area (Å²) in [6, 6.07) is 0. The molecule has 0 radical (unpaired) electrons. The zero-order valence-electron chi connectivity index (χ0n) is 8.56. The highest BCUT2D eigenvalue weighted by molar-refractivity contribution is 5.02. The first-order chi connectivity index (χ1) is 5.74. The van der Waals surface area contributed by atoms with Crippen molar-refractivity contribution in [2.24, 2.45) is 17.8 Å². The fraction of sp³-hybridized carbons (Fsp3) is 0.833. The number of hydrogen-bond acceptors (Lipinski definition) is 0. The second kappa shape index (κ2) is 4.55. The Bertz CT molecular complexity index is 172.